The van der Waals surface area contributed by atoms with Gasteiger partial charge < -0.3 is 4.84 Å². The van der Waals surface area contributed by atoms with Crippen LogP contribution in [0.5, 0.6) is 5.75 Å². The van der Waals surface area contributed by atoms with Gasteiger partial charge in [-0.1, -0.05) is 62.9 Å². The number of hydrogen-bond donors (Lipinski definition) is 0. The molecule has 0 aromatic heterocycles. The van der Waals surface area contributed by atoms with Gasteiger partial charge in [0.25, 0.3) is 0 Å². The van der Waals surface area contributed by atoms with Gasteiger partial charge in [-0.15, -0.1) is 0 Å². The van der Waals surface area contributed by atoms with E-state index >= 15 is 0 Å². The average Bonchev–Trinajstić information content (AvgIpc) is 2.43. The van der Waals surface area contributed by atoms with Gasteiger partial charge in [0.15, 0.2) is 5.75 Å². The van der Waals surface area contributed by atoms with Crippen LogP contribution in [0.3, 0.4) is 0 Å². The van der Waals surface area contributed by atoms with Gasteiger partial charge in [-0.05, 0) is 18.4 Å². The Bertz CT molecular complexity index is 411. The van der Waals surface area contributed by atoms with E-state index in [1.165, 1.54) is 37.0 Å². The highest BCUT2D eigenvalue weighted by molar-refractivity contribution is 5.87. The van der Waals surface area contributed by atoms with E-state index in [0.717, 1.165) is 24.5 Å². The van der Waals surface area contributed by atoms with Crippen LogP contribution in [0.2, 0.25) is 0 Å². The standard InChI is InChI=1S/C16H23NO/c1-3-5-8-13(4-2)11-15-12-14-9-6-7-10-16(14)18-17-15/h6-7,9-10,13H,3-5,8,11-12H2,1-2H3. The normalized spacial score (nSPS) is 15.6. The molecular weight excluding hydrogens is 222 g/mol. The van der Waals surface area contributed by atoms with Gasteiger partial charge >= 0.3 is 0 Å². The van der Waals surface area contributed by atoms with Crippen LogP contribution in [0.15, 0.2) is 29.4 Å². The van der Waals surface area contributed by atoms with Crippen molar-refractivity contribution >= 4 is 5.71 Å². The summed E-state index contributed by atoms with van der Waals surface area (Å²) in [6, 6.07) is 8.19. The highest BCUT2D eigenvalue weighted by atomic mass is 16.6. The molecule has 1 aromatic rings. The molecule has 1 aliphatic heterocycles. The maximum atomic E-state index is 5.47. The lowest BCUT2D eigenvalue weighted by Crippen LogP contribution is -2.15. The van der Waals surface area contributed by atoms with Crippen LogP contribution in [-0.4, -0.2) is 5.71 Å². The topological polar surface area (TPSA) is 21.6 Å². The zero-order chi connectivity index (χ0) is 12.8. The summed E-state index contributed by atoms with van der Waals surface area (Å²) in [5.41, 5.74) is 2.48. The summed E-state index contributed by atoms with van der Waals surface area (Å²) in [7, 11) is 0. The van der Waals surface area contributed by atoms with Crippen LogP contribution in [0, 0.1) is 5.92 Å². The first kappa shape index (κ1) is 13.1. The molecule has 2 nitrogen and oxygen atoms in total. The smallest absolute Gasteiger partial charge is 0.161 e. The van der Waals surface area contributed by atoms with E-state index in [4.69, 9.17) is 4.84 Å². The lowest BCUT2D eigenvalue weighted by atomic mass is 9.91. The molecule has 2 heteroatoms. The van der Waals surface area contributed by atoms with Crippen LogP contribution >= 0.6 is 0 Å². The van der Waals surface area contributed by atoms with Gasteiger partial charge in [-0.2, -0.15) is 0 Å². The van der Waals surface area contributed by atoms with Crippen LogP contribution in [0.4, 0.5) is 0 Å². The van der Waals surface area contributed by atoms with E-state index in [1.54, 1.807) is 0 Å². The molecule has 0 amide bonds. The van der Waals surface area contributed by atoms with Crippen molar-refractivity contribution in [2.24, 2.45) is 11.1 Å². The van der Waals surface area contributed by atoms with Crippen molar-refractivity contribution in [1.29, 1.82) is 0 Å². The Hall–Kier alpha value is -1.31. The van der Waals surface area contributed by atoms with Gasteiger partial charge in [0.05, 0.1) is 5.71 Å². The van der Waals surface area contributed by atoms with Crippen molar-refractivity contribution in [2.45, 2.75) is 52.4 Å². The third kappa shape index (κ3) is 3.34. The minimum absolute atomic E-state index is 0.762. The minimum Gasteiger partial charge on any atom is -0.357 e. The number of para-hydroxylation sites is 1. The molecule has 1 heterocycles. The Kier molecular flexibility index (Phi) is 4.80. The predicted octanol–water partition coefficient (Wildman–Crippen LogP) is 4.58. The predicted molar refractivity (Wildman–Crippen MR) is 76.1 cm³/mol. The molecule has 0 radical (unpaired) electrons. The number of rotatable bonds is 6. The molecule has 0 N–H and O–H groups in total. The lowest BCUT2D eigenvalue weighted by molar-refractivity contribution is 0.325. The van der Waals surface area contributed by atoms with Crippen molar-refractivity contribution in [3.8, 4) is 5.75 Å². The summed E-state index contributed by atoms with van der Waals surface area (Å²) in [6.07, 6.45) is 7.20. The Balaban J connectivity index is 1.93. The molecule has 0 saturated carbocycles. The molecule has 18 heavy (non-hydrogen) atoms. The van der Waals surface area contributed by atoms with Gasteiger partial charge in [-0.25, -0.2) is 0 Å². The number of nitrogens with zero attached hydrogens (tertiary/aromatic N) is 1. The fourth-order valence-corrected chi connectivity index (χ4v) is 2.49. The van der Waals surface area contributed by atoms with Crippen molar-refractivity contribution in [3.63, 3.8) is 0 Å². The van der Waals surface area contributed by atoms with Gasteiger partial charge in [0, 0.05) is 12.0 Å². The van der Waals surface area contributed by atoms with E-state index in [-0.39, 0.29) is 0 Å². The summed E-state index contributed by atoms with van der Waals surface area (Å²) >= 11 is 0. The third-order valence-electron chi connectivity index (χ3n) is 3.71. The summed E-state index contributed by atoms with van der Waals surface area (Å²) in [6.45, 7) is 4.53. The molecule has 1 atom stereocenters. The fourth-order valence-electron chi connectivity index (χ4n) is 2.49. The fraction of sp³-hybridized carbons (Fsp3) is 0.562. The Morgan fingerprint density at radius 2 is 2.11 bits per heavy atom. The first-order chi connectivity index (χ1) is 8.83. The average molecular weight is 245 g/mol. The van der Waals surface area contributed by atoms with E-state index in [2.05, 4.69) is 31.1 Å². The van der Waals surface area contributed by atoms with E-state index in [9.17, 15) is 0 Å². The lowest BCUT2D eigenvalue weighted by Gasteiger charge is -2.19. The molecule has 1 aliphatic rings. The van der Waals surface area contributed by atoms with Crippen molar-refractivity contribution in [3.05, 3.63) is 29.8 Å². The monoisotopic (exact) mass is 245 g/mol. The summed E-state index contributed by atoms with van der Waals surface area (Å²) in [5.74, 6) is 1.68. The van der Waals surface area contributed by atoms with Crippen LogP contribution in [0.1, 0.15) is 51.5 Å². The van der Waals surface area contributed by atoms with E-state index in [0.29, 0.717) is 0 Å². The van der Waals surface area contributed by atoms with Crippen LogP contribution in [0.25, 0.3) is 0 Å². The van der Waals surface area contributed by atoms with Crippen molar-refractivity contribution in [1.82, 2.24) is 0 Å². The highest BCUT2D eigenvalue weighted by Gasteiger charge is 2.17. The molecule has 0 aliphatic carbocycles. The molecule has 0 fully saturated rings. The second kappa shape index (κ2) is 6.58. The SMILES string of the molecule is CCCCC(CC)CC1=NOc2ccccc2C1. The molecule has 1 aromatic carbocycles. The molecule has 0 bridgehead atoms. The summed E-state index contributed by atoms with van der Waals surface area (Å²) < 4.78 is 0. The maximum Gasteiger partial charge on any atom is 0.161 e. The number of unbranched alkanes of at least 4 members (excludes halogenated alkanes) is 1. The Morgan fingerprint density at radius 1 is 1.28 bits per heavy atom. The number of benzene rings is 1. The second-order valence-electron chi connectivity index (χ2n) is 5.15. The molecular formula is C16H23NO. The maximum absolute atomic E-state index is 5.47. The first-order valence-electron chi connectivity index (χ1n) is 7.14. The zero-order valence-electron chi connectivity index (χ0n) is 11.5. The molecule has 1 unspecified atom stereocenters. The Labute approximate surface area is 110 Å². The molecule has 2 rings (SSSR count). The molecule has 0 saturated heterocycles. The Morgan fingerprint density at radius 3 is 2.89 bits per heavy atom. The second-order valence-corrected chi connectivity index (χ2v) is 5.15. The summed E-state index contributed by atoms with van der Waals surface area (Å²) in [5, 5.41) is 4.28. The largest absolute Gasteiger partial charge is 0.357 e. The number of fused-ring (bicyclic) bond motifs is 1. The number of oxime groups is 1. The van der Waals surface area contributed by atoms with Gasteiger partial charge in [-0.3, -0.25) is 0 Å². The van der Waals surface area contributed by atoms with Crippen molar-refractivity contribution < 1.29 is 4.84 Å². The third-order valence-corrected chi connectivity index (χ3v) is 3.71. The quantitative estimate of drug-likeness (QED) is 0.718. The minimum atomic E-state index is 0.762. The number of hydrogen-bond acceptors (Lipinski definition) is 2. The van der Waals surface area contributed by atoms with E-state index in [1.807, 2.05) is 12.1 Å². The first-order valence-corrected chi connectivity index (χ1v) is 7.14. The van der Waals surface area contributed by atoms with Gasteiger partial charge in [0.2, 0.25) is 0 Å². The highest BCUT2D eigenvalue weighted by Crippen LogP contribution is 2.26. The molecule has 98 valence electrons. The van der Waals surface area contributed by atoms with Crippen LogP contribution in [-0.2, 0) is 6.42 Å². The van der Waals surface area contributed by atoms with E-state index < -0.39 is 0 Å². The zero-order valence-corrected chi connectivity index (χ0v) is 11.5. The van der Waals surface area contributed by atoms with Crippen molar-refractivity contribution in [2.75, 3.05) is 0 Å². The van der Waals surface area contributed by atoms with Crippen LogP contribution < -0.4 is 4.84 Å². The summed E-state index contributed by atoms with van der Waals surface area (Å²) in [4.78, 5) is 5.47. The van der Waals surface area contributed by atoms with Gasteiger partial charge in [0.1, 0.15) is 0 Å². The molecule has 0 spiro atoms.